The van der Waals surface area contributed by atoms with Crippen LogP contribution in [0.4, 0.5) is 0 Å². The van der Waals surface area contributed by atoms with Crippen molar-refractivity contribution in [3.8, 4) is 0 Å². The Bertz CT molecular complexity index is 391. The van der Waals surface area contributed by atoms with Crippen LogP contribution in [0.15, 0.2) is 6.20 Å². The van der Waals surface area contributed by atoms with E-state index in [9.17, 15) is 0 Å². The molecule has 2 atom stereocenters. The minimum absolute atomic E-state index is 0.0153. The summed E-state index contributed by atoms with van der Waals surface area (Å²) in [6, 6.07) is 0.0202. The zero-order chi connectivity index (χ0) is 13.7. The van der Waals surface area contributed by atoms with Gasteiger partial charge in [0.05, 0.1) is 42.8 Å². The van der Waals surface area contributed by atoms with E-state index in [0.29, 0.717) is 24.8 Å². The fourth-order valence-electron chi connectivity index (χ4n) is 2.39. The molecule has 1 aliphatic heterocycles. The fourth-order valence-corrected chi connectivity index (χ4v) is 2.65. The summed E-state index contributed by atoms with van der Waals surface area (Å²) in [5, 5.41) is 8.48. The second-order valence-corrected chi connectivity index (χ2v) is 5.03. The molecule has 1 aromatic heterocycles. The lowest BCUT2D eigenvalue weighted by molar-refractivity contribution is -0.103. The maximum absolute atomic E-state index is 6.31. The molecule has 1 fully saturated rings. The molecule has 2 heterocycles. The summed E-state index contributed by atoms with van der Waals surface area (Å²) < 4.78 is 13.3. The third-order valence-electron chi connectivity index (χ3n) is 3.20. The topological polar surface area (TPSA) is 48.3 Å². The molecule has 0 amide bonds. The summed E-state index contributed by atoms with van der Waals surface area (Å²) in [6.07, 6.45) is 2.71. The van der Waals surface area contributed by atoms with E-state index in [1.165, 1.54) is 0 Å². The molecular weight excluding hydrogens is 266 g/mol. The van der Waals surface area contributed by atoms with Gasteiger partial charge in [-0.05, 0) is 13.0 Å². The van der Waals surface area contributed by atoms with Crippen molar-refractivity contribution in [3.05, 3.63) is 16.9 Å². The van der Waals surface area contributed by atoms with Crippen molar-refractivity contribution in [2.75, 3.05) is 26.4 Å². The average Bonchev–Trinajstić information content (AvgIpc) is 2.79. The molecule has 19 heavy (non-hydrogen) atoms. The number of ether oxygens (including phenoxy) is 2. The number of rotatable bonds is 6. The maximum Gasteiger partial charge on any atom is 0.102 e. The first-order valence-corrected chi connectivity index (χ1v) is 7.29. The molecule has 0 spiro atoms. The molecule has 6 heteroatoms. The molecular formula is C13H22ClN3O2. The standard InChI is InChI=1S/C13H22ClN3O2/c1-3-5-17-13(10(14)8-16-17)12(15-4-2)11-9-18-6-7-19-11/h8,11-12,15H,3-7,9H2,1-2H3. The molecule has 0 aromatic carbocycles. The molecule has 2 unspecified atom stereocenters. The van der Waals surface area contributed by atoms with Gasteiger partial charge in [-0.25, -0.2) is 0 Å². The zero-order valence-corrected chi connectivity index (χ0v) is 12.3. The monoisotopic (exact) mass is 287 g/mol. The van der Waals surface area contributed by atoms with E-state index in [-0.39, 0.29) is 12.1 Å². The molecule has 0 bridgehead atoms. The number of aromatic nitrogens is 2. The first-order chi connectivity index (χ1) is 9.27. The third kappa shape index (κ3) is 3.48. The van der Waals surface area contributed by atoms with Crippen LogP contribution in [0.25, 0.3) is 0 Å². The van der Waals surface area contributed by atoms with Gasteiger partial charge in [-0.3, -0.25) is 4.68 Å². The summed E-state index contributed by atoms with van der Waals surface area (Å²) in [5.74, 6) is 0. The van der Waals surface area contributed by atoms with Gasteiger partial charge in [0.2, 0.25) is 0 Å². The number of halogens is 1. The van der Waals surface area contributed by atoms with Gasteiger partial charge in [-0.15, -0.1) is 0 Å². The highest BCUT2D eigenvalue weighted by Crippen LogP contribution is 2.28. The number of hydrogen-bond acceptors (Lipinski definition) is 4. The molecule has 108 valence electrons. The Morgan fingerprint density at radius 2 is 2.37 bits per heavy atom. The van der Waals surface area contributed by atoms with Crippen LogP contribution in [-0.2, 0) is 16.0 Å². The Kier molecular flexibility index (Phi) is 5.63. The van der Waals surface area contributed by atoms with E-state index >= 15 is 0 Å². The fraction of sp³-hybridized carbons (Fsp3) is 0.769. The van der Waals surface area contributed by atoms with Gasteiger partial charge in [-0.1, -0.05) is 25.4 Å². The molecule has 1 aromatic rings. The van der Waals surface area contributed by atoms with Crippen molar-refractivity contribution in [2.24, 2.45) is 0 Å². The lowest BCUT2D eigenvalue weighted by Crippen LogP contribution is -2.41. The highest BCUT2D eigenvalue weighted by atomic mass is 35.5. The predicted molar refractivity (Wildman–Crippen MR) is 74.5 cm³/mol. The molecule has 2 rings (SSSR count). The summed E-state index contributed by atoms with van der Waals surface area (Å²) in [4.78, 5) is 0. The minimum Gasteiger partial charge on any atom is -0.376 e. The van der Waals surface area contributed by atoms with Gasteiger partial charge < -0.3 is 14.8 Å². The van der Waals surface area contributed by atoms with Crippen molar-refractivity contribution in [1.82, 2.24) is 15.1 Å². The highest BCUT2D eigenvalue weighted by Gasteiger charge is 2.30. The van der Waals surface area contributed by atoms with Crippen molar-refractivity contribution < 1.29 is 9.47 Å². The quantitative estimate of drug-likeness (QED) is 0.869. The van der Waals surface area contributed by atoms with Crippen LogP contribution in [0.5, 0.6) is 0 Å². The van der Waals surface area contributed by atoms with E-state index in [2.05, 4.69) is 24.3 Å². The maximum atomic E-state index is 6.31. The van der Waals surface area contributed by atoms with Crippen LogP contribution in [0.2, 0.25) is 5.02 Å². The van der Waals surface area contributed by atoms with Crippen LogP contribution >= 0.6 is 11.6 Å². The smallest absolute Gasteiger partial charge is 0.102 e. The Hall–Kier alpha value is -0.620. The van der Waals surface area contributed by atoms with Gasteiger partial charge >= 0.3 is 0 Å². The van der Waals surface area contributed by atoms with E-state index < -0.39 is 0 Å². The first-order valence-electron chi connectivity index (χ1n) is 6.91. The molecule has 5 nitrogen and oxygen atoms in total. The lowest BCUT2D eigenvalue weighted by Gasteiger charge is -2.31. The number of nitrogens with zero attached hydrogens (tertiary/aromatic N) is 2. The summed E-state index contributed by atoms with van der Waals surface area (Å²) in [6.45, 7) is 7.79. The van der Waals surface area contributed by atoms with Crippen LogP contribution in [0.1, 0.15) is 32.0 Å². The van der Waals surface area contributed by atoms with Crippen LogP contribution in [0.3, 0.4) is 0 Å². The van der Waals surface area contributed by atoms with Gasteiger partial charge in [0, 0.05) is 6.54 Å². The molecule has 0 radical (unpaired) electrons. The Morgan fingerprint density at radius 3 is 3.00 bits per heavy atom. The average molecular weight is 288 g/mol. The van der Waals surface area contributed by atoms with Crippen molar-refractivity contribution in [3.63, 3.8) is 0 Å². The number of nitrogens with one attached hydrogen (secondary N) is 1. The molecule has 1 aliphatic rings. The first kappa shape index (κ1) is 14.8. The van der Waals surface area contributed by atoms with Gasteiger partial charge in [-0.2, -0.15) is 5.10 Å². The summed E-state index contributed by atoms with van der Waals surface area (Å²) in [5.41, 5.74) is 1.00. The van der Waals surface area contributed by atoms with Crippen LogP contribution in [-0.4, -0.2) is 42.2 Å². The third-order valence-corrected chi connectivity index (χ3v) is 3.49. The molecule has 0 aliphatic carbocycles. The largest absolute Gasteiger partial charge is 0.376 e. The lowest BCUT2D eigenvalue weighted by atomic mass is 10.1. The summed E-state index contributed by atoms with van der Waals surface area (Å²) >= 11 is 6.31. The second-order valence-electron chi connectivity index (χ2n) is 4.62. The van der Waals surface area contributed by atoms with Crippen molar-refractivity contribution in [1.29, 1.82) is 0 Å². The van der Waals surface area contributed by atoms with Gasteiger partial charge in [0.1, 0.15) is 6.10 Å². The van der Waals surface area contributed by atoms with Crippen molar-refractivity contribution in [2.45, 2.75) is 39.0 Å². The van der Waals surface area contributed by atoms with Crippen LogP contribution < -0.4 is 5.32 Å². The van der Waals surface area contributed by atoms with Crippen LogP contribution in [0, 0.1) is 0 Å². The van der Waals surface area contributed by atoms with Gasteiger partial charge in [0.15, 0.2) is 0 Å². The number of likely N-dealkylation sites (N-methyl/N-ethyl adjacent to an activating group) is 1. The van der Waals surface area contributed by atoms with E-state index in [1.807, 2.05) is 4.68 Å². The Labute approximate surface area is 119 Å². The second kappa shape index (κ2) is 7.24. The van der Waals surface area contributed by atoms with E-state index in [4.69, 9.17) is 21.1 Å². The normalized spacial score (nSPS) is 21.5. The molecule has 1 saturated heterocycles. The SMILES string of the molecule is CCCn1ncc(Cl)c1C(NCC)C1COCCO1. The Morgan fingerprint density at radius 1 is 1.53 bits per heavy atom. The number of hydrogen-bond donors (Lipinski definition) is 1. The minimum atomic E-state index is -0.0153. The van der Waals surface area contributed by atoms with E-state index in [0.717, 1.165) is 25.2 Å². The highest BCUT2D eigenvalue weighted by molar-refractivity contribution is 6.31. The molecule has 1 N–H and O–H groups in total. The van der Waals surface area contributed by atoms with Gasteiger partial charge in [0.25, 0.3) is 0 Å². The number of aryl methyl sites for hydroxylation is 1. The zero-order valence-electron chi connectivity index (χ0n) is 11.6. The molecule has 0 saturated carbocycles. The summed E-state index contributed by atoms with van der Waals surface area (Å²) in [7, 11) is 0. The predicted octanol–water partition coefficient (Wildman–Crippen LogP) is 2.01. The van der Waals surface area contributed by atoms with Crippen molar-refractivity contribution >= 4 is 11.6 Å². The van der Waals surface area contributed by atoms with E-state index in [1.54, 1.807) is 6.20 Å². The Balaban J connectivity index is 2.24.